The number of fused-ring (bicyclic) bond motifs is 1. The minimum absolute atomic E-state index is 0.276. The molecule has 1 amide bonds. The fourth-order valence-electron chi connectivity index (χ4n) is 3.48. The van der Waals surface area contributed by atoms with E-state index in [1.807, 2.05) is 48.7 Å². The largest absolute Gasteiger partial charge is 0.479 e. The predicted molar refractivity (Wildman–Crippen MR) is 124 cm³/mol. The van der Waals surface area contributed by atoms with Crippen molar-refractivity contribution in [3.63, 3.8) is 0 Å². The second-order valence-electron chi connectivity index (χ2n) is 7.60. The van der Waals surface area contributed by atoms with Crippen LogP contribution in [0, 0.1) is 0 Å². The number of rotatable bonds is 7. The molecular weight excluding hydrogens is 426 g/mol. The number of esters is 1. The number of hydrogen-bond donors (Lipinski definition) is 0. The summed E-state index contributed by atoms with van der Waals surface area (Å²) in [4.78, 5) is 36.1. The van der Waals surface area contributed by atoms with Crippen LogP contribution >= 0.6 is 11.3 Å². The van der Waals surface area contributed by atoms with E-state index >= 15 is 0 Å². The van der Waals surface area contributed by atoms with Gasteiger partial charge in [0.05, 0.1) is 23.7 Å². The Balaban J connectivity index is 1.66. The molecule has 0 aliphatic carbocycles. The molecule has 1 aromatic carbocycles. The van der Waals surface area contributed by atoms with Gasteiger partial charge in [-0.2, -0.15) is 0 Å². The van der Waals surface area contributed by atoms with E-state index in [4.69, 9.17) is 14.5 Å². The first kappa shape index (κ1) is 22.0. The summed E-state index contributed by atoms with van der Waals surface area (Å²) in [7, 11) is 0. The minimum atomic E-state index is -0.765. The van der Waals surface area contributed by atoms with E-state index in [1.165, 1.54) is 16.2 Å². The summed E-state index contributed by atoms with van der Waals surface area (Å²) >= 11 is 1.50. The normalized spacial score (nSPS) is 16.3. The second-order valence-corrected chi connectivity index (χ2v) is 8.46. The monoisotopic (exact) mass is 451 g/mol. The maximum Gasteiger partial charge on any atom is 0.328 e. The summed E-state index contributed by atoms with van der Waals surface area (Å²) in [6, 6.07) is 10.5. The van der Waals surface area contributed by atoms with Gasteiger partial charge < -0.3 is 9.47 Å². The van der Waals surface area contributed by atoms with Crippen LogP contribution < -0.4 is 9.64 Å². The lowest BCUT2D eigenvalue weighted by Crippen LogP contribution is -2.52. The van der Waals surface area contributed by atoms with Gasteiger partial charge in [0.15, 0.2) is 6.10 Å². The molecular formula is C24H25N3O4S. The molecule has 8 heteroatoms. The Morgan fingerprint density at radius 1 is 1.28 bits per heavy atom. The maximum atomic E-state index is 13.0. The molecule has 2 aromatic heterocycles. The first-order valence-corrected chi connectivity index (χ1v) is 11.5. The summed E-state index contributed by atoms with van der Waals surface area (Å²) in [6.07, 6.45) is 2.76. The topological polar surface area (TPSA) is 81.6 Å². The Morgan fingerprint density at radius 3 is 2.88 bits per heavy atom. The first-order valence-electron chi connectivity index (χ1n) is 10.7. The zero-order valence-corrected chi connectivity index (χ0v) is 19.1. The molecule has 166 valence electrons. The third-order valence-electron chi connectivity index (χ3n) is 5.26. The fraction of sp³-hybridized carbons (Fsp3) is 0.333. The fourth-order valence-corrected chi connectivity index (χ4v) is 4.28. The van der Waals surface area contributed by atoms with Gasteiger partial charge in [-0.15, -0.1) is 11.3 Å². The van der Waals surface area contributed by atoms with Crippen LogP contribution in [0.1, 0.15) is 33.6 Å². The smallest absolute Gasteiger partial charge is 0.328 e. The first-order chi connectivity index (χ1) is 15.5. The van der Waals surface area contributed by atoms with E-state index in [0.29, 0.717) is 18.0 Å². The standard InChI is InChI=1S/C24H25N3O4S/c1-4-5-12-30-24(29)15(2)27-20-13-17(9-10-21(20)31-16(3)23(27)28)19-14-32-22(26-19)18-8-6-7-11-25-18/h6-11,13-16H,4-5,12H2,1-3H3. The number of carbonyl (C=O) groups is 2. The van der Waals surface area contributed by atoms with E-state index in [0.717, 1.165) is 34.8 Å². The molecule has 1 aliphatic rings. The number of anilines is 1. The van der Waals surface area contributed by atoms with E-state index < -0.39 is 18.1 Å². The Morgan fingerprint density at radius 2 is 2.12 bits per heavy atom. The molecule has 7 nitrogen and oxygen atoms in total. The van der Waals surface area contributed by atoms with Gasteiger partial charge in [0, 0.05) is 17.1 Å². The highest BCUT2D eigenvalue weighted by Crippen LogP contribution is 2.39. The number of thiazole rings is 1. The van der Waals surface area contributed by atoms with Crippen molar-refractivity contribution in [1.82, 2.24) is 9.97 Å². The second kappa shape index (κ2) is 9.48. The number of hydrogen-bond acceptors (Lipinski definition) is 7. The van der Waals surface area contributed by atoms with Crippen molar-refractivity contribution in [2.45, 2.75) is 45.8 Å². The molecule has 1 aliphatic heterocycles. The number of pyridine rings is 1. The van der Waals surface area contributed by atoms with Gasteiger partial charge in [0.25, 0.3) is 5.91 Å². The molecule has 0 bridgehead atoms. The lowest BCUT2D eigenvalue weighted by molar-refractivity contribution is -0.146. The molecule has 2 unspecified atom stereocenters. The van der Waals surface area contributed by atoms with Crippen LogP contribution in [0.4, 0.5) is 5.69 Å². The van der Waals surface area contributed by atoms with Gasteiger partial charge in [-0.3, -0.25) is 14.7 Å². The SMILES string of the molecule is CCCCOC(=O)C(C)N1C(=O)C(C)Oc2ccc(-c3csc(-c4ccccn4)n3)cc21. The summed E-state index contributed by atoms with van der Waals surface area (Å²) in [5, 5.41) is 2.76. The Hall–Kier alpha value is -3.26. The zero-order valence-electron chi connectivity index (χ0n) is 18.3. The van der Waals surface area contributed by atoms with Crippen molar-refractivity contribution in [2.24, 2.45) is 0 Å². The maximum absolute atomic E-state index is 13.0. The molecule has 0 radical (unpaired) electrons. The average molecular weight is 452 g/mol. The molecule has 0 fully saturated rings. The lowest BCUT2D eigenvalue weighted by atomic mass is 10.1. The highest BCUT2D eigenvalue weighted by Gasteiger charge is 2.38. The van der Waals surface area contributed by atoms with E-state index in [-0.39, 0.29) is 5.91 Å². The van der Waals surface area contributed by atoms with Crippen LogP contribution in [0.25, 0.3) is 22.0 Å². The highest BCUT2D eigenvalue weighted by molar-refractivity contribution is 7.13. The number of unbranched alkanes of at least 4 members (excludes halogenated alkanes) is 1. The van der Waals surface area contributed by atoms with Crippen molar-refractivity contribution in [3.8, 4) is 27.7 Å². The minimum Gasteiger partial charge on any atom is -0.479 e. The molecule has 2 atom stereocenters. The molecule has 0 saturated heterocycles. The summed E-state index contributed by atoms with van der Waals surface area (Å²) in [5.74, 6) is -0.153. The van der Waals surface area contributed by atoms with Gasteiger partial charge in [-0.25, -0.2) is 9.78 Å². The molecule has 0 spiro atoms. The van der Waals surface area contributed by atoms with Crippen LogP contribution in [-0.4, -0.2) is 40.6 Å². The van der Waals surface area contributed by atoms with Crippen molar-refractivity contribution in [2.75, 3.05) is 11.5 Å². The van der Waals surface area contributed by atoms with Crippen molar-refractivity contribution in [3.05, 3.63) is 48.0 Å². The highest BCUT2D eigenvalue weighted by atomic mass is 32.1. The van der Waals surface area contributed by atoms with Gasteiger partial charge in [-0.05, 0) is 50.6 Å². The Labute approximate surface area is 191 Å². The molecule has 3 heterocycles. The Bertz CT molecular complexity index is 1120. The number of amides is 1. The molecule has 4 rings (SSSR count). The number of aromatic nitrogens is 2. The third kappa shape index (κ3) is 4.36. The van der Waals surface area contributed by atoms with Crippen LogP contribution in [0.5, 0.6) is 5.75 Å². The summed E-state index contributed by atoms with van der Waals surface area (Å²) in [5.41, 5.74) is 2.93. The van der Waals surface area contributed by atoms with Crippen LogP contribution in [-0.2, 0) is 14.3 Å². The number of ether oxygens (including phenoxy) is 2. The van der Waals surface area contributed by atoms with Gasteiger partial charge in [0.2, 0.25) is 0 Å². The van der Waals surface area contributed by atoms with Crippen molar-refractivity contribution < 1.29 is 19.1 Å². The lowest BCUT2D eigenvalue weighted by Gasteiger charge is -2.36. The van der Waals surface area contributed by atoms with Gasteiger partial charge in [-0.1, -0.05) is 19.4 Å². The predicted octanol–water partition coefficient (Wildman–Crippen LogP) is 4.72. The average Bonchev–Trinajstić information content (AvgIpc) is 3.30. The quantitative estimate of drug-likeness (QED) is 0.382. The molecule has 3 aromatic rings. The molecule has 0 saturated carbocycles. The number of nitrogens with zero attached hydrogens (tertiary/aromatic N) is 3. The van der Waals surface area contributed by atoms with Crippen molar-refractivity contribution in [1.29, 1.82) is 0 Å². The van der Waals surface area contributed by atoms with Gasteiger partial charge >= 0.3 is 5.97 Å². The Kier molecular flexibility index (Phi) is 6.50. The number of carbonyl (C=O) groups excluding carboxylic acids is 2. The zero-order chi connectivity index (χ0) is 22.7. The van der Waals surface area contributed by atoms with Crippen LogP contribution in [0.15, 0.2) is 48.0 Å². The third-order valence-corrected chi connectivity index (χ3v) is 6.13. The van der Waals surface area contributed by atoms with E-state index in [1.54, 1.807) is 20.0 Å². The van der Waals surface area contributed by atoms with Crippen LogP contribution in [0.3, 0.4) is 0 Å². The summed E-state index contributed by atoms with van der Waals surface area (Å²) in [6.45, 7) is 5.74. The van der Waals surface area contributed by atoms with E-state index in [2.05, 4.69) is 4.98 Å². The van der Waals surface area contributed by atoms with E-state index in [9.17, 15) is 9.59 Å². The number of benzene rings is 1. The molecule has 0 N–H and O–H groups in total. The van der Waals surface area contributed by atoms with Crippen LogP contribution in [0.2, 0.25) is 0 Å². The molecule has 32 heavy (non-hydrogen) atoms. The van der Waals surface area contributed by atoms with Gasteiger partial charge in [0.1, 0.15) is 16.8 Å². The summed E-state index contributed by atoms with van der Waals surface area (Å²) < 4.78 is 11.2. The van der Waals surface area contributed by atoms with Crippen molar-refractivity contribution >= 4 is 28.9 Å².